The van der Waals surface area contributed by atoms with E-state index < -0.39 is 5.60 Å². The van der Waals surface area contributed by atoms with Gasteiger partial charge in [-0.2, -0.15) is 0 Å². The summed E-state index contributed by atoms with van der Waals surface area (Å²) in [5, 5.41) is 9.45. The molecule has 0 saturated heterocycles. The van der Waals surface area contributed by atoms with Gasteiger partial charge in [0.05, 0.1) is 5.60 Å². The van der Waals surface area contributed by atoms with Gasteiger partial charge in [-0.25, -0.2) is 0 Å². The first-order valence-corrected chi connectivity index (χ1v) is 3.42. The molecule has 0 radical (unpaired) electrons. The van der Waals surface area contributed by atoms with Gasteiger partial charge in [-0.1, -0.05) is 5.57 Å². The summed E-state index contributed by atoms with van der Waals surface area (Å²) in [6.45, 7) is 3.56. The van der Waals surface area contributed by atoms with Gasteiger partial charge in [-0.3, -0.25) is 4.79 Å². The van der Waals surface area contributed by atoms with E-state index in [1.54, 1.807) is 13.0 Å². The molecule has 0 aliphatic heterocycles. The number of carbonyl (C=O) groups excluding carboxylic acids is 1. The van der Waals surface area contributed by atoms with Crippen molar-refractivity contribution in [2.45, 2.75) is 32.3 Å². The monoisotopic (exact) mass is 140 g/mol. The van der Waals surface area contributed by atoms with E-state index in [1.165, 1.54) is 0 Å². The highest BCUT2D eigenvalue weighted by Crippen LogP contribution is 2.24. The minimum Gasteiger partial charge on any atom is -0.389 e. The van der Waals surface area contributed by atoms with E-state index in [0.29, 0.717) is 6.42 Å². The number of rotatable bonds is 0. The summed E-state index contributed by atoms with van der Waals surface area (Å²) in [6, 6.07) is 0. The first-order valence-electron chi connectivity index (χ1n) is 3.42. The normalized spacial score (nSPS) is 33.9. The van der Waals surface area contributed by atoms with Crippen LogP contribution in [-0.2, 0) is 4.79 Å². The summed E-state index contributed by atoms with van der Waals surface area (Å²) in [5.74, 6) is 0.0359. The molecule has 0 heterocycles. The van der Waals surface area contributed by atoms with E-state index in [9.17, 15) is 9.90 Å². The molecule has 0 spiro atoms. The zero-order chi connectivity index (χ0) is 7.78. The molecule has 1 aliphatic carbocycles. The van der Waals surface area contributed by atoms with Crippen molar-refractivity contribution in [3.8, 4) is 0 Å². The van der Waals surface area contributed by atoms with Crippen LogP contribution in [0, 0.1) is 0 Å². The van der Waals surface area contributed by atoms with Gasteiger partial charge in [-0.05, 0) is 26.3 Å². The van der Waals surface area contributed by atoms with Crippen LogP contribution in [0.15, 0.2) is 11.6 Å². The maximum absolute atomic E-state index is 10.9. The zero-order valence-corrected chi connectivity index (χ0v) is 6.35. The number of carbonyl (C=O) groups is 1. The van der Waals surface area contributed by atoms with Crippen LogP contribution in [0.5, 0.6) is 0 Å². The third-order valence-electron chi connectivity index (χ3n) is 1.62. The molecular formula is C8H12O2. The molecule has 2 nitrogen and oxygen atoms in total. The number of hydrogen-bond acceptors (Lipinski definition) is 2. The van der Waals surface area contributed by atoms with Crippen molar-refractivity contribution in [3.05, 3.63) is 11.6 Å². The summed E-state index contributed by atoms with van der Waals surface area (Å²) in [5.41, 5.74) is 0.178. The van der Waals surface area contributed by atoms with Gasteiger partial charge in [0.1, 0.15) is 0 Å². The molecule has 0 fully saturated rings. The molecule has 10 heavy (non-hydrogen) atoms. The van der Waals surface area contributed by atoms with Crippen molar-refractivity contribution >= 4 is 5.78 Å². The molecule has 1 unspecified atom stereocenters. The molecule has 1 rings (SSSR count). The summed E-state index contributed by atoms with van der Waals surface area (Å²) < 4.78 is 0. The van der Waals surface area contributed by atoms with Crippen molar-refractivity contribution < 1.29 is 9.90 Å². The van der Waals surface area contributed by atoms with E-state index in [1.807, 2.05) is 6.92 Å². The lowest BCUT2D eigenvalue weighted by molar-refractivity contribution is -0.119. The molecule has 2 heteroatoms. The third-order valence-corrected chi connectivity index (χ3v) is 1.62. The molecule has 0 saturated carbocycles. The van der Waals surface area contributed by atoms with Gasteiger partial charge >= 0.3 is 0 Å². The van der Waals surface area contributed by atoms with Gasteiger partial charge in [0.25, 0.3) is 0 Å². The Morgan fingerprint density at radius 3 is 2.60 bits per heavy atom. The van der Waals surface area contributed by atoms with Crippen LogP contribution in [-0.4, -0.2) is 16.5 Å². The van der Waals surface area contributed by atoms with Crippen molar-refractivity contribution in [1.29, 1.82) is 0 Å². The Morgan fingerprint density at radius 2 is 2.20 bits per heavy atom. The maximum Gasteiger partial charge on any atom is 0.158 e. The Hall–Kier alpha value is -0.630. The average Bonchev–Trinajstić information content (AvgIpc) is 1.54. The Labute approximate surface area is 60.6 Å². The maximum atomic E-state index is 10.9. The molecule has 0 amide bonds. The summed E-state index contributed by atoms with van der Waals surface area (Å²) in [6.07, 6.45) is 2.50. The second-order valence-corrected chi connectivity index (χ2v) is 3.31. The molecule has 56 valence electrons. The summed E-state index contributed by atoms with van der Waals surface area (Å²) >= 11 is 0. The molecular weight excluding hydrogens is 128 g/mol. The van der Waals surface area contributed by atoms with Crippen molar-refractivity contribution in [1.82, 2.24) is 0 Å². The van der Waals surface area contributed by atoms with Crippen LogP contribution < -0.4 is 0 Å². The molecule has 1 aliphatic rings. The molecule has 1 N–H and O–H groups in total. The van der Waals surface area contributed by atoms with Crippen LogP contribution in [0.25, 0.3) is 0 Å². The lowest BCUT2D eigenvalue weighted by Gasteiger charge is -2.25. The summed E-state index contributed by atoms with van der Waals surface area (Å²) in [7, 11) is 0. The Balaban J connectivity index is 2.80. The van der Waals surface area contributed by atoms with Crippen molar-refractivity contribution in [2.75, 3.05) is 0 Å². The fraction of sp³-hybridized carbons (Fsp3) is 0.625. The third kappa shape index (κ3) is 1.67. The van der Waals surface area contributed by atoms with E-state index in [0.717, 1.165) is 5.57 Å². The van der Waals surface area contributed by atoms with E-state index in [-0.39, 0.29) is 12.2 Å². The zero-order valence-electron chi connectivity index (χ0n) is 6.35. The molecule has 0 aromatic rings. The minimum absolute atomic E-state index is 0.0359. The Bertz CT molecular complexity index is 189. The molecule has 0 bridgehead atoms. The van der Waals surface area contributed by atoms with Gasteiger partial charge in [0.2, 0.25) is 0 Å². The number of ketones is 1. The summed E-state index contributed by atoms with van der Waals surface area (Å²) in [4.78, 5) is 10.9. The van der Waals surface area contributed by atoms with E-state index in [4.69, 9.17) is 0 Å². The lowest BCUT2D eigenvalue weighted by Crippen LogP contribution is -2.30. The van der Waals surface area contributed by atoms with Crippen molar-refractivity contribution in [2.24, 2.45) is 0 Å². The molecule has 0 aromatic carbocycles. The highest BCUT2D eigenvalue weighted by molar-refractivity contribution is 5.92. The fourth-order valence-corrected chi connectivity index (χ4v) is 1.42. The number of hydrogen-bond donors (Lipinski definition) is 1. The van der Waals surface area contributed by atoms with Gasteiger partial charge < -0.3 is 5.11 Å². The Kier molecular flexibility index (Phi) is 1.65. The molecule has 0 aromatic heterocycles. The Morgan fingerprint density at radius 1 is 1.60 bits per heavy atom. The van der Waals surface area contributed by atoms with E-state index in [2.05, 4.69) is 0 Å². The smallest absolute Gasteiger partial charge is 0.158 e. The number of allylic oxidation sites excluding steroid dienone is 1. The quantitative estimate of drug-likeness (QED) is 0.546. The van der Waals surface area contributed by atoms with Gasteiger partial charge in [-0.15, -0.1) is 0 Å². The van der Waals surface area contributed by atoms with Crippen LogP contribution >= 0.6 is 0 Å². The topological polar surface area (TPSA) is 37.3 Å². The predicted molar refractivity (Wildman–Crippen MR) is 38.6 cm³/mol. The molecule has 1 atom stereocenters. The predicted octanol–water partition coefficient (Wildman–Crippen LogP) is 1.05. The number of aliphatic hydroxyl groups is 1. The first-order chi connectivity index (χ1) is 4.49. The second kappa shape index (κ2) is 2.20. The minimum atomic E-state index is -0.796. The average molecular weight is 140 g/mol. The highest BCUT2D eigenvalue weighted by atomic mass is 16.3. The standard InChI is InChI=1S/C8H12O2/c1-6-3-7(9)5-8(2,10)4-6/h3,10H,4-5H2,1-2H3. The van der Waals surface area contributed by atoms with E-state index >= 15 is 0 Å². The lowest BCUT2D eigenvalue weighted by atomic mass is 9.86. The highest BCUT2D eigenvalue weighted by Gasteiger charge is 2.27. The van der Waals surface area contributed by atoms with Crippen LogP contribution in [0.4, 0.5) is 0 Å². The largest absolute Gasteiger partial charge is 0.389 e. The first kappa shape index (κ1) is 7.48. The van der Waals surface area contributed by atoms with Crippen LogP contribution in [0.3, 0.4) is 0 Å². The van der Waals surface area contributed by atoms with Crippen LogP contribution in [0.2, 0.25) is 0 Å². The van der Waals surface area contributed by atoms with Crippen LogP contribution in [0.1, 0.15) is 26.7 Å². The second-order valence-electron chi connectivity index (χ2n) is 3.31. The SMILES string of the molecule is CC1=CC(=O)CC(C)(O)C1. The fourth-order valence-electron chi connectivity index (χ4n) is 1.42. The van der Waals surface area contributed by atoms with Gasteiger partial charge in [0, 0.05) is 6.42 Å². The van der Waals surface area contributed by atoms with Crippen molar-refractivity contribution in [3.63, 3.8) is 0 Å². The van der Waals surface area contributed by atoms with Gasteiger partial charge in [0.15, 0.2) is 5.78 Å².